The molecule has 1 aliphatic carbocycles. The first-order valence-electron chi connectivity index (χ1n) is 13.5. The van der Waals surface area contributed by atoms with Crippen LogP contribution in [0.4, 0.5) is 11.5 Å². The molecule has 3 heterocycles. The summed E-state index contributed by atoms with van der Waals surface area (Å²) >= 11 is 6.59. The maximum absolute atomic E-state index is 6.59. The molecule has 1 atom stereocenters. The molecule has 1 unspecified atom stereocenters. The van der Waals surface area contributed by atoms with Gasteiger partial charge in [-0.1, -0.05) is 23.7 Å². The van der Waals surface area contributed by atoms with Gasteiger partial charge in [-0.25, -0.2) is 4.98 Å². The fourth-order valence-electron chi connectivity index (χ4n) is 5.35. The van der Waals surface area contributed by atoms with Gasteiger partial charge in [-0.15, -0.1) is 0 Å². The number of hydrogen-bond acceptors (Lipinski definition) is 7. The molecule has 2 saturated heterocycles. The fraction of sp³-hybridized carbons (Fsp3) is 0.607. The van der Waals surface area contributed by atoms with E-state index in [1.165, 1.54) is 0 Å². The Bertz CT molecular complexity index is 958. The minimum absolute atomic E-state index is 0.182. The topological polar surface area (TPSA) is 76.7 Å². The van der Waals surface area contributed by atoms with Crippen molar-refractivity contribution in [2.45, 2.75) is 56.7 Å². The maximum atomic E-state index is 6.59. The number of anilines is 2. The Balaban J connectivity index is 1.13. The van der Waals surface area contributed by atoms with Gasteiger partial charge in [0.05, 0.1) is 30.9 Å². The molecule has 1 aromatic heterocycles. The predicted molar refractivity (Wildman–Crippen MR) is 145 cm³/mol. The molecule has 8 heteroatoms. The van der Waals surface area contributed by atoms with Crippen LogP contribution < -0.4 is 16.0 Å². The van der Waals surface area contributed by atoms with Crippen molar-refractivity contribution in [1.82, 2.24) is 10.3 Å². The minimum Gasteiger partial charge on any atom is -0.385 e. The Morgan fingerprint density at radius 3 is 2.53 bits per heavy atom. The number of benzene rings is 1. The van der Waals surface area contributed by atoms with E-state index in [2.05, 4.69) is 51.3 Å². The van der Waals surface area contributed by atoms with Crippen molar-refractivity contribution in [2.75, 3.05) is 56.8 Å². The average molecular weight is 515 g/mol. The largest absolute Gasteiger partial charge is 0.385 e. The number of ether oxygens (including phenoxy) is 3. The summed E-state index contributed by atoms with van der Waals surface area (Å²) in [5, 5.41) is 11.6. The molecule has 1 aromatic carbocycles. The highest BCUT2D eigenvalue weighted by Crippen LogP contribution is 2.32. The number of aromatic nitrogens is 1. The molecule has 2 aliphatic heterocycles. The Labute approximate surface area is 219 Å². The van der Waals surface area contributed by atoms with E-state index in [0.29, 0.717) is 42.8 Å². The van der Waals surface area contributed by atoms with Crippen LogP contribution in [0.5, 0.6) is 0 Å². The van der Waals surface area contributed by atoms with Crippen LogP contribution in [-0.4, -0.2) is 69.3 Å². The highest BCUT2D eigenvalue weighted by atomic mass is 35.5. The van der Waals surface area contributed by atoms with E-state index in [9.17, 15) is 0 Å². The molecule has 3 fully saturated rings. The summed E-state index contributed by atoms with van der Waals surface area (Å²) in [7, 11) is 0. The van der Waals surface area contributed by atoms with Crippen LogP contribution in [-0.2, 0) is 14.2 Å². The van der Waals surface area contributed by atoms with Gasteiger partial charge in [-0.05, 0) is 68.2 Å². The van der Waals surface area contributed by atoms with Gasteiger partial charge in [0, 0.05) is 55.8 Å². The van der Waals surface area contributed by atoms with Crippen molar-refractivity contribution in [3.05, 3.63) is 41.6 Å². The standard InChI is InChI=1S/C28H39ClN4O3/c29-27-18-32-28(33-23-6-4-22(5-7-23)31-17-25-19-35-12-13-36-25)15-26(27)21-2-1-3-24(14-21)30-16-20-8-10-34-11-9-20/h1-3,14-15,18,20,22-23,25,30-31H,4-13,16-17,19H2,(H,32,33). The molecule has 0 spiro atoms. The number of rotatable bonds is 9. The van der Waals surface area contributed by atoms with E-state index in [1.807, 2.05) is 0 Å². The lowest BCUT2D eigenvalue weighted by molar-refractivity contribution is -0.0873. The summed E-state index contributed by atoms with van der Waals surface area (Å²) in [6, 6.07) is 11.6. The Morgan fingerprint density at radius 1 is 0.889 bits per heavy atom. The van der Waals surface area contributed by atoms with Crippen LogP contribution in [0.1, 0.15) is 38.5 Å². The van der Waals surface area contributed by atoms with Crippen molar-refractivity contribution in [1.29, 1.82) is 0 Å². The molecule has 196 valence electrons. The second-order valence-electron chi connectivity index (χ2n) is 10.2. The fourth-order valence-corrected chi connectivity index (χ4v) is 5.56. The number of pyridine rings is 1. The van der Waals surface area contributed by atoms with E-state index < -0.39 is 0 Å². The molecule has 1 saturated carbocycles. The lowest BCUT2D eigenvalue weighted by Gasteiger charge is -2.32. The Morgan fingerprint density at radius 2 is 1.72 bits per heavy atom. The molecule has 0 amide bonds. The summed E-state index contributed by atoms with van der Waals surface area (Å²) in [6.07, 6.45) is 8.72. The molecule has 2 aromatic rings. The van der Waals surface area contributed by atoms with Gasteiger partial charge < -0.3 is 30.2 Å². The molecule has 3 aliphatic rings. The van der Waals surface area contributed by atoms with Gasteiger partial charge in [-0.3, -0.25) is 0 Å². The first-order valence-corrected chi connectivity index (χ1v) is 13.9. The van der Waals surface area contributed by atoms with Gasteiger partial charge in [0.2, 0.25) is 0 Å². The summed E-state index contributed by atoms with van der Waals surface area (Å²) in [6.45, 7) is 5.71. The molecule has 0 radical (unpaired) electrons. The molecule has 0 bridgehead atoms. The normalized spacial score (nSPS) is 25.4. The summed E-state index contributed by atoms with van der Waals surface area (Å²) < 4.78 is 16.7. The van der Waals surface area contributed by atoms with Gasteiger partial charge in [0.25, 0.3) is 0 Å². The van der Waals surface area contributed by atoms with Gasteiger partial charge in [0.1, 0.15) is 5.82 Å². The third kappa shape index (κ3) is 7.33. The van der Waals surface area contributed by atoms with E-state index in [0.717, 1.165) is 87.5 Å². The smallest absolute Gasteiger partial charge is 0.126 e. The van der Waals surface area contributed by atoms with E-state index in [-0.39, 0.29) is 6.10 Å². The lowest BCUT2D eigenvalue weighted by atomic mass is 9.91. The second-order valence-corrected chi connectivity index (χ2v) is 10.6. The highest BCUT2D eigenvalue weighted by molar-refractivity contribution is 6.33. The van der Waals surface area contributed by atoms with Crippen molar-refractivity contribution in [3.8, 4) is 11.1 Å². The van der Waals surface area contributed by atoms with Crippen LogP contribution in [0.3, 0.4) is 0 Å². The Kier molecular flexibility index (Phi) is 9.34. The van der Waals surface area contributed by atoms with Crippen LogP contribution >= 0.6 is 11.6 Å². The summed E-state index contributed by atoms with van der Waals surface area (Å²) in [5.41, 5.74) is 3.23. The van der Waals surface area contributed by atoms with Crippen LogP contribution in [0.25, 0.3) is 11.1 Å². The number of nitrogens with zero attached hydrogens (tertiary/aromatic N) is 1. The monoisotopic (exact) mass is 514 g/mol. The number of nitrogens with one attached hydrogen (secondary N) is 3. The molecule has 7 nitrogen and oxygen atoms in total. The second kappa shape index (κ2) is 13.1. The minimum atomic E-state index is 0.182. The van der Waals surface area contributed by atoms with Crippen LogP contribution in [0.2, 0.25) is 5.02 Å². The maximum Gasteiger partial charge on any atom is 0.126 e. The van der Waals surface area contributed by atoms with Gasteiger partial charge in [0.15, 0.2) is 0 Å². The first kappa shape index (κ1) is 25.7. The van der Waals surface area contributed by atoms with Crippen molar-refractivity contribution < 1.29 is 14.2 Å². The van der Waals surface area contributed by atoms with Gasteiger partial charge in [-0.2, -0.15) is 0 Å². The quantitative estimate of drug-likeness (QED) is 0.436. The van der Waals surface area contributed by atoms with Crippen molar-refractivity contribution >= 4 is 23.1 Å². The molecular weight excluding hydrogens is 476 g/mol. The highest BCUT2D eigenvalue weighted by Gasteiger charge is 2.23. The Hall–Kier alpha value is -1.90. The zero-order valence-corrected chi connectivity index (χ0v) is 21.8. The van der Waals surface area contributed by atoms with Gasteiger partial charge >= 0.3 is 0 Å². The molecular formula is C28H39ClN4O3. The average Bonchev–Trinajstić information content (AvgIpc) is 2.94. The van der Waals surface area contributed by atoms with E-state index in [4.69, 9.17) is 25.8 Å². The summed E-state index contributed by atoms with van der Waals surface area (Å²) in [4.78, 5) is 4.58. The van der Waals surface area contributed by atoms with Crippen LogP contribution in [0, 0.1) is 5.92 Å². The number of hydrogen-bond donors (Lipinski definition) is 3. The molecule has 3 N–H and O–H groups in total. The SMILES string of the molecule is Clc1cnc(NC2CCC(NCC3COCCO3)CC2)cc1-c1cccc(NCC2CCOCC2)c1. The molecule has 5 rings (SSSR count). The summed E-state index contributed by atoms with van der Waals surface area (Å²) in [5.74, 6) is 1.56. The van der Waals surface area contributed by atoms with E-state index >= 15 is 0 Å². The lowest BCUT2D eigenvalue weighted by Crippen LogP contribution is -2.43. The van der Waals surface area contributed by atoms with Crippen LogP contribution in [0.15, 0.2) is 36.5 Å². The predicted octanol–water partition coefficient (Wildman–Crippen LogP) is 4.97. The zero-order chi connectivity index (χ0) is 24.6. The van der Waals surface area contributed by atoms with Crippen molar-refractivity contribution in [2.24, 2.45) is 5.92 Å². The zero-order valence-electron chi connectivity index (χ0n) is 21.0. The molecule has 36 heavy (non-hydrogen) atoms. The number of halogens is 1. The third-order valence-electron chi connectivity index (χ3n) is 7.56. The van der Waals surface area contributed by atoms with Crippen molar-refractivity contribution in [3.63, 3.8) is 0 Å². The van der Waals surface area contributed by atoms with E-state index in [1.54, 1.807) is 6.20 Å². The third-order valence-corrected chi connectivity index (χ3v) is 7.86. The first-order chi connectivity index (χ1) is 17.7.